The number of aromatic amines is 2. The lowest BCUT2D eigenvalue weighted by atomic mass is 10.4. The standard InChI is InChI=1S/C7H4BrN3O2/c8-5-1-3-4(2-9-5)11-7(13)6(12)10-3/h1-2H,(H,10,12)(H,11,13). The predicted octanol–water partition coefficient (Wildman–Crippen LogP) is 0.374. The van der Waals surface area contributed by atoms with Crippen LogP contribution >= 0.6 is 15.9 Å². The molecule has 2 rings (SSSR count). The Kier molecular flexibility index (Phi) is 1.77. The van der Waals surface area contributed by atoms with Crippen molar-refractivity contribution in [2.75, 3.05) is 0 Å². The van der Waals surface area contributed by atoms with E-state index < -0.39 is 11.1 Å². The Morgan fingerprint density at radius 2 is 1.77 bits per heavy atom. The molecule has 6 heteroatoms. The molecule has 2 aromatic rings. The van der Waals surface area contributed by atoms with Crippen molar-refractivity contribution in [2.24, 2.45) is 0 Å². The van der Waals surface area contributed by atoms with Crippen LogP contribution in [-0.4, -0.2) is 15.0 Å². The van der Waals surface area contributed by atoms with Crippen LogP contribution in [0.2, 0.25) is 0 Å². The Hall–Kier alpha value is -1.43. The second-order valence-corrected chi connectivity index (χ2v) is 3.27. The number of nitrogens with zero attached hydrogens (tertiary/aromatic N) is 1. The zero-order valence-electron chi connectivity index (χ0n) is 6.30. The summed E-state index contributed by atoms with van der Waals surface area (Å²) in [5, 5.41) is 0. The third kappa shape index (κ3) is 1.40. The Balaban J connectivity index is 2.97. The topological polar surface area (TPSA) is 78.6 Å². The Bertz CT molecular complexity index is 572. The van der Waals surface area contributed by atoms with Crippen LogP contribution in [0.3, 0.4) is 0 Å². The normalized spacial score (nSPS) is 10.5. The second kappa shape index (κ2) is 2.81. The predicted molar refractivity (Wildman–Crippen MR) is 50.7 cm³/mol. The molecule has 5 nitrogen and oxygen atoms in total. The summed E-state index contributed by atoms with van der Waals surface area (Å²) in [6.45, 7) is 0. The van der Waals surface area contributed by atoms with E-state index in [-0.39, 0.29) is 0 Å². The first kappa shape index (κ1) is 8.18. The summed E-state index contributed by atoms with van der Waals surface area (Å²) >= 11 is 3.15. The summed E-state index contributed by atoms with van der Waals surface area (Å²) in [7, 11) is 0. The number of H-pyrrole nitrogens is 2. The average molecular weight is 242 g/mol. The van der Waals surface area contributed by atoms with Gasteiger partial charge in [0.15, 0.2) is 0 Å². The molecule has 2 aromatic heterocycles. The maximum atomic E-state index is 10.9. The molecule has 66 valence electrons. The van der Waals surface area contributed by atoms with Crippen LogP contribution in [0.1, 0.15) is 0 Å². The average Bonchev–Trinajstić information content (AvgIpc) is 2.08. The van der Waals surface area contributed by atoms with Crippen LogP contribution in [0.25, 0.3) is 11.0 Å². The third-order valence-electron chi connectivity index (χ3n) is 1.57. The van der Waals surface area contributed by atoms with E-state index in [2.05, 4.69) is 30.9 Å². The van der Waals surface area contributed by atoms with Crippen molar-refractivity contribution >= 4 is 27.0 Å². The molecule has 0 bridgehead atoms. The van der Waals surface area contributed by atoms with Crippen molar-refractivity contribution in [1.29, 1.82) is 0 Å². The van der Waals surface area contributed by atoms with E-state index in [1.54, 1.807) is 6.07 Å². The van der Waals surface area contributed by atoms with Gasteiger partial charge in [0, 0.05) is 0 Å². The van der Waals surface area contributed by atoms with Gasteiger partial charge in [0.1, 0.15) is 4.60 Å². The molecular weight excluding hydrogens is 238 g/mol. The lowest BCUT2D eigenvalue weighted by Crippen LogP contribution is -2.28. The zero-order valence-corrected chi connectivity index (χ0v) is 7.88. The summed E-state index contributed by atoms with van der Waals surface area (Å²) in [6.07, 6.45) is 1.47. The van der Waals surface area contributed by atoms with Crippen molar-refractivity contribution in [2.45, 2.75) is 0 Å². The zero-order chi connectivity index (χ0) is 9.42. The highest BCUT2D eigenvalue weighted by atomic mass is 79.9. The number of nitrogens with one attached hydrogen (secondary N) is 2. The van der Waals surface area contributed by atoms with Gasteiger partial charge in [-0.3, -0.25) is 9.59 Å². The van der Waals surface area contributed by atoms with Crippen LogP contribution in [0.15, 0.2) is 26.5 Å². The van der Waals surface area contributed by atoms with Crippen LogP contribution in [0.5, 0.6) is 0 Å². The van der Waals surface area contributed by atoms with Crippen LogP contribution in [-0.2, 0) is 0 Å². The molecule has 0 spiro atoms. The molecule has 0 unspecified atom stereocenters. The van der Waals surface area contributed by atoms with Crippen molar-refractivity contribution in [1.82, 2.24) is 15.0 Å². The van der Waals surface area contributed by atoms with Gasteiger partial charge in [0.2, 0.25) is 0 Å². The maximum Gasteiger partial charge on any atom is 0.314 e. The molecule has 0 aliphatic carbocycles. The van der Waals surface area contributed by atoms with Gasteiger partial charge in [-0.15, -0.1) is 0 Å². The van der Waals surface area contributed by atoms with Crippen LogP contribution in [0, 0.1) is 0 Å². The van der Waals surface area contributed by atoms with Crippen molar-refractivity contribution in [3.8, 4) is 0 Å². The van der Waals surface area contributed by atoms with Crippen LogP contribution in [0.4, 0.5) is 0 Å². The minimum Gasteiger partial charge on any atom is -0.316 e. The maximum absolute atomic E-state index is 10.9. The van der Waals surface area contributed by atoms with Gasteiger partial charge in [-0.05, 0) is 22.0 Å². The molecule has 0 aromatic carbocycles. The fourth-order valence-electron chi connectivity index (χ4n) is 0.991. The van der Waals surface area contributed by atoms with Gasteiger partial charge in [0.05, 0.1) is 17.2 Å². The number of rotatable bonds is 0. The fourth-order valence-corrected chi connectivity index (χ4v) is 1.32. The van der Waals surface area contributed by atoms with Gasteiger partial charge in [-0.2, -0.15) is 0 Å². The number of hydrogen-bond acceptors (Lipinski definition) is 3. The molecular formula is C7H4BrN3O2. The Morgan fingerprint density at radius 1 is 1.15 bits per heavy atom. The monoisotopic (exact) mass is 241 g/mol. The molecule has 0 atom stereocenters. The van der Waals surface area contributed by atoms with E-state index in [1.807, 2.05) is 0 Å². The Morgan fingerprint density at radius 3 is 2.46 bits per heavy atom. The molecule has 0 aliphatic heterocycles. The lowest BCUT2D eigenvalue weighted by Gasteiger charge is -1.95. The summed E-state index contributed by atoms with van der Waals surface area (Å²) in [5.74, 6) is 0. The lowest BCUT2D eigenvalue weighted by molar-refractivity contribution is 1.13. The van der Waals surface area contributed by atoms with Crippen molar-refractivity contribution in [3.05, 3.63) is 37.6 Å². The van der Waals surface area contributed by atoms with E-state index in [0.29, 0.717) is 15.6 Å². The Labute approximate surface area is 80.0 Å². The molecule has 13 heavy (non-hydrogen) atoms. The number of fused-ring (bicyclic) bond motifs is 1. The molecule has 0 fully saturated rings. The van der Waals surface area contributed by atoms with E-state index >= 15 is 0 Å². The fraction of sp³-hybridized carbons (Fsp3) is 0. The van der Waals surface area contributed by atoms with E-state index in [1.165, 1.54) is 6.20 Å². The largest absolute Gasteiger partial charge is 0.316 e. The number of pyridine rings is 1. The first-order valence-electron chi connectivity index (χ1n) is 3.45. The highest BCUT2D eigenvalue weighted by Crippen LogP contribution is 2.10. The molecule has 0 amide bonds. The van der Waals surface area contributed by atoms with Gasteiger partial charge in [-0.25, -0.2) is 4.98 Å². The van der Waals surface area contributed by atoms with E-state index in [0.717, 1.165) is 0 Å². The van der Waals surface area contributed by atoms with E-state index in [9.17, 15) is 9.59 Å². The van der Waals surface area contributed by atoms with Gasteiger partial charge < -0.3 is 9.97 Å². The molecule has 2 N–H and O–H groups in total. The van der Waals surface area contributed by atoms with Gasteiger partial charge in [0.25, 0.3) is 0 Å². The molecule has 2 heterocycles. The minimum atomic E-state index is -0.670. The van der Waals surface area contributed by atoms with E-state index in [4.69, 9.17) is 0 Å². The summed E-state index contributed by atoms with van der Waals surface area (Å²) < 4.78 is 0.600. The molecule has 0 radical (unpaired) electrons. The first-order chi connectivity index (χ1) is 6.16. The third-order valence-corrected chi connectivity index (χ3v) is 2.01. The molecule has 0 aliphatic rings. The summed E-state index contributed by atoms with van der Waals surface area (Å²) in [4.78, 5) is 30.5. The smallest absolute Gasteiger partial charge is 0.314 e. The molecule has 0 saturated carbocycles. The van der Waals surface area contributed by atoms with Crippen molar-refractivity contribution < 1.29 is 0 Å². The molecule has 0 saturated heterocycles. The second-order valence-electron chi connectivity index (χ2n) is 2.46. The minimum absolute atomic E-state index is 0.507. The van der Waals surface area contributed by atoms with Gasteiger partial charge in [-0.1, -0.05) is 0 Å². The SMILES string of the molecule is O=c1[nH]c2cnc(Br)cc2[nH]c1=O. The first-order valence-corrected chi connectivity index (χ1v) is 4.24. The highest BCUT2D eigenvalue weighted by molar-refractivity contribution is 9.10. The quantitative estimate of drug-likeness (QED) is 0.517. The highest BCUT2D eigenvalue weighted by Gasteiger charge is 1.99. The van der Waals surface area contributed by atoms with Crippen LogP contribution < -0.4 is 11.1 Å². The summed E-state index contributed by atoms with van der Waals surface area (Å²) in [5.41, 5.74) is -0.276. The van der Waals surface area contributed by atoms with Gasteiger partial charge >= 0.3 is 11.1 Å². The summed E-state index contributed by atoms with van der Waals surface area (Å²) in [6, 6.07) is 1.62. The number of halogens is 1. The number of hydrogen-bond donors (Lipinski definition) is 2. The number of aromatic nitrogens is 3. The van der Waals surface area contributed by atoms with Crippen molar-refractivity contribution in [3.63, 3.8) is 0 Å².